The Morgan fingerprint density at radius 1 is 0.750 bits per heavy atom. The van der Waals surface area contributed by atoms with E-state index in [9.17, 15) is 0 Å². The van der Waals surface area contributed by atoms with Crippen LogP contribution in [0.2, 0.25) is 0 Å². The van der Waals surface area contributed by atoms with E-state index < -0.39 is 0 Å². The average Bonchev–Trinajstić information content (AvgIpc) is 2.04. The molecule has 0 radical (unpaired) electrons. The van der Waals surface area contributed by atoms with Gasteiger partial charge in [0.05, 0.1) is 0 Å². The second-order valence-corrected chi connectivity index (χ2v) is 4.53. The van der Waals surface area contributed by atoms with Gasteiger partial charge in [-0.15, -0.1) is 0 Å². The van der Waals surface area contributed by atoms with Gasteiger partial charge in [-0.3, -0.25) is 0 Å². The van der Waals surface area contributed by atoms with Crippen molar-refractivity contribution in [1.29, 1.82) is 0 Å². The van der Waals surface area contributed by atoms with Gasteiger partial charge in [0.25, 0.3) is 0 Å². The van der Waals surface area contributed by atoms with Gasteiger partial charge >= 0.3 is 0 Å². The van der Waals surface area contributed by atoms with E-state index in [2.05, 4.69) is 0 Å². The van der Waals surface area contributed by atoms with Gasteiger partial charge in [0.15, 0.2) is 0 Å². The number of nitrogens with two attached hydrogens (primary N) is 2. The lowest BCUT2D eigenvalue weighted by Crippen LogP contribution is -2.50. The molecule has 0 aromatic heterocycles. The summed E-state index contributed by atoms with van der Waals surface area (Å²) in [6, 6.07) is 0.804. The van der Waals surface area contributed by atoms with Gasteiger partial charge in [-0.05, 0) is 24.7 Å². The van der Waals surface area contributed by atoms with Crippen molar-refractivity contribution in [1.82, 2.24) is 0 Å². The molecular weight excluding hydrogens is 148 g/mol. The highest BCUT2D eigenvalue weighted by atomic mass is 14.8. The Bertz CT molecular complexity index is 142. The number of hydrogen-bond donors (Lipinski definition) is 2. The zero-order valence-corrected chi connectivity index (χ0v) is 7.71. The lowest BCUT2D eigenvalue weighted by molar-refractivity contribution is 0.124. The average molecular weight is 168 g/mol. The van der Waals surface area contributed by atoms with E-state index in [1.165, 1.54) is 38.5 Å². The summed E-state index contributed by atoms with van der Waals surface area (Å²) in [5.74, 6) is 1.50. The predicted molar refractivity (Wildman–Crippen MR) is 50.6 cm³/mol. The Kier molecular flexibility index (Phi) is 2.37. The van der Waals surface area contributed by atoms with Crippen LogP contribution in [0.5, 0.6) is 0 Å². The van der Waals surface area contributed by atoms with E-state index in [1.54, 1.807) is 0 Å². The first-order valence-corrected chi connectivity index (χ1v) is 5.30. The van der Waals surface area contributed by atoms with Gasteiger partial charge < -0.3 is 11.5 Å². The van der Waals surface area contributed by atoms with Crippen molar-refractivity contribution in [2.75, 3.05) is 0 Å². The van der Waals surface area contributed by atoms with Crippen LogP contribution in [0.3, 0.4) is 0 Å². The number of fused-ring (bicyclic) bond motifs is 1. The van der Waals surface area contributed by atoms with Crippen molar-refractivity contribution in [2.45, 2.75) is 50.6 Å². The molecule has 70 valence electrons. The molecule has 2 rings (SSSR count). The van der Waals surface area contributed by atoms with E-state index >= 15 is 0 Å². The van der Waals surface area contributed by atoms with E-state index in [0.717, 1.165) is 5.92 Å². The minimum atomic E-state index is 0.402. The summed E-state index contributed by atoms with van der Waals surface area (Å²) in [5.41, 5.74) is 12.2. The first-order chi connectivity index (χ1) is 5.79. The maximum atomic E-state index is 6.10. The zero-order valence-electron chi connectivity index (χ0n) is 7.71. The van der Waals surface area contributed by atoms with Gasteiger partial charge in [-0.25, -0.2) is 0 Å². The molecule has 0 spiro atoms. The predicted octanol–water partition coefficient (Wildman–Crippen LogP) is 1.24. The van der Waals surface area contributed by atoms with Crippen LogP contribution in [-0.2, 0) is 0 Å². The van der Waals surface area contributed by atoms with Crippen LogP contribution in [0.4, 0.5) is 0 Å². The van der Waals surface area contributed by atoms with Crippen LogP contribution in [0.15, 0.2) is 0 Å². The van der Waals surface area contributed by atoms with Crippen LogP contribution >= 0.6 is 0 Å². The number of hydrogen-bond acceptors (Lipinski definition) is 2. The molecule has 4 N–H and O–H groups in total. The summed E-state index contributed by atoms with van der Waals surface area (Å²) < 4.78 is 0. The van der Waals surface area contributed by atoms with Crippen LogP contribution < -0.4 is 11.5 Å². The Labute approximate surface area is 74.7 Å². The minimum absolute atomic E-state index is 0.402. The monoisotopic (exact) mass is 168 g/mol. The SMILES string of the molecule is NC1CCCC2CCCC(N)C12. The summed E-state index contributed by atoms with van der Waals surface area (Å²) in [4.78, 5) is 0. The van der Waals surface area contributed by atoms with Crippen molar-refractivity contribution < 1.29 is 0 Å². The molecule has 2 fully saturated rings. The van der Waals surface area contributed by atoms with Crippen LogP contribution in [0.1, 0.15) is 38.5 Å². The molecule has 0 aliphatic heterocycles. The molecule has 2 atom stereocenters. The smallest absolute Gasteiger partial charge is 0.00845 e. The Morgan fingerprint density at radius 3 is 1.67 bits per heavy atom. The van der Waals surface area contributed by atoms with Gasteiger partial charge in [0.1, 0.15) is 0 Å². The van der Waals surface area contributed by atoms with Crippen molar-refractivity contribution in [3.8, 4) is 0 Å². The van der Waals surface area contributed by atoms with E-state index in [0.29, 0.717) is 18.0 Å². The van der Waals surface area contributed by atoms with E-state index in [-0.39, 0.29) is 0 Å². The Balaban J connectivity index is 2.07. The summed E-state index contributed by atoms with van der Waals surface area (Å²) in [6.07, 6.45) is 7.83. The third-order valence-corrected chi connectivity index (χ3v) is 3.76. The highest BCUT2D eigenvalue weighted by Crippen LogP contribution is 2.39. The fourth-order valence-electron chi connectivity index (χ4n) is 3.16. The molecule has 0 bridgehead atoms. The van der Waals surface area contributed by atoms with Crippen molar-refractivity contribution in [2.24, 2.45) is 23.3 Å². The first-order valence-electron chi connectivity index (χ1n) is 5.30. The second-order valence-electron chi connectivity index (χ2n) is 4.53. The summed E-state index contributed by atoms with van der Waals surface area (Å²) >= 11 is 0. The fourth-order valence-corrected chi connectivity index (χ4v) is 3.16. The van der Waals surface area contributed by atoms with Gasteiger partial charge in [-0.1, -0.05) is 25.7 Å². The van der Waals surface area contributed by atoms with Crippen molar-refractivity contribution in [3.05, 3.63) is 0 Å². The fraction of sp³-hybridized carbons (Fsp3) is 1.00. The summed E-state index contributed by atoms with van der Waals surface area (Å²) in [5, 5.41) is 0. The molecule has 12 heavy (non-hydrogen) atoms. The van der Waals surface area contributed by atoms with Gasteiger partial charge in [0, 0.05) is 12.1 Å². The zero-order chi connectivity index (χ0) is 8.55. The lowest BCUT2D eigenvalue weighted by atomic mass is 9.66. The van der Waals surface area contributed by atoms with Gasteiger partial charge in [-0.2, -0.15) is 0 Å². The minimum Gasteiger partial charge on any atom is -0.327 e. The quantitative estimate of drug-likeness (QED) is 0.572. The van der Waals surface area contributed by atoms with Gasteiger partial charge in [0.2, 0.25) is 0 Å². The molecule has 0 saturated heterocycles. The molecule has 2 heteroatoms. The van der Waals surface area contributed by atoms with Crippen molar-refractivity contribution in [3.63, 3.8) is 0 Å². The maximum Gasteiger partial charge on any atom is 0.00845 e. The van der Waals surface area contributed by atoms with Crippen LogP contribution in [-0.4, -0.2) is 12.1 Å². The molecule has 0 aromatic carbocycles. The molecule has 0 aromatic rings. The molecule has 2 saturated carbocycles. The summed E-state index contributed by atoms with van der Waals surface area (Å²) in [7, 11) is 0. The largest absolute Gasteiger partial charge is 0.327 e. The topological polar surface area (TPSA) is 52.0 Å². The highest BCUT2D eigenvalue weighted by Gasteiger charge is 2.37. The van der Waals surface area contributed by atoms with Crippen molar-refractivity contribution >= 4 is 0 Å². The lowest BCUT2D eigenvalue weighted by Gasteiger charge is -2.43. The molecule has 2 aliphatic rings. The van der Waals surface area contributed by atoms with Crippen LogP contribution in [0, 0.1) is 11.8 Å². The molecule has 2 nitrogen and oxygen atoms in total. The molecule has 0 amide bonds. The number of rotatable bonds is 0. The maximum absolute atomic E-state index is 6.10. The third-order valence-electron chi connectivity index (χ3n) is 3.76. The third kappa shape index (κ3) is 1.38. The Hall–Kier alpha value is -0.0800. The Morgan fingerprint density at radius 2 is 1.25 bits per heavy atom. The molecule has 0 heterocycles. The molecule has 2 aliphatic carbocycles. The van der Waals surface area contributed by atoms with Crippen LogP contribution in [0.25, 0.3) is 0 Å². The first kappa shape index (κ1) is 8.52. The second kappa shape index (κ2) is 3.35. The normalized spacial score (nSPS) is 48.5. The van der Waals surface area contributed by atoms with E-state index in [4.69, 9.17) is 11.5 Å². The molecule has 2 unspecified atom stereocenters. The summed E-state index contributed by atoms with van der Waals surface area (Å²) in [6.45, 7) is 0. The standard InChI is InChI=1S/C10H20N2/c11-8-5-1-3-7-4-2-6-9(12)10(7)8/h7-10H,1-6,11-12H2. The van der Waals surface area contributed by atoms with E-state index in [1.807, 2.05) is 0 Å². The molecular formula is C10H20N2. The highest BCUT2D eigenvalue weighted by molar-refractivity contribution is 4.93.